The van der Waals surface area contributed by atoms with Crippen molar-refractivity contribution in [3.05, 3.63) is 71.5 Å². The predicted molar refractivity (Wildman–Crippen MR) is 146 cm³/mol. The number of hydrogen-bond acceptors (Lipinski definition) is 11. The molecule has 0 aliphatic carbocycles. The zero-order chi connectivity index (χ0) is 28.2. The van der Waals surface area contributed by atoms with E-state index in [1.807, 2.05) is 6.92 Å². The predicted octanol–water partition coefficient (Wildman–Crippen LogP) is 2.94. The number of pyridine rings is 1. The molecule has 1 aromatic carbocycles. The van der Waals surface area contributed by atoms with Crippen LogP contribution in [0.3, 0.4) is 0 Å². The van der Waals surface area contributed by atoms with Crippen molar-refractivity contribution in [3.63, 3.8) is 0 Å². The lowest BCUT2D eigenvalue weighted by molar-refractivity contribution is 0.327. The second kappa shape index (κ2) is 11.8. The summed E-state index contributed by atoms with van der Waals surface area (Å²) in [5, 5.41) is -0.0893. The topological polar surface area (TPSA) is 156 Å². The minimum atomic E-state index is -3.09. The smallest absolute Gasteiger partial charge is 0.213 e. The molecule has 4 aromatic heterocycles. The fourth-order valence-electron chi connectivity index (χ4n) is 4.08. The lowest BCUT2D eigenvalue weighted by Gasteiger charge is -2.17. The highest BCUT2D eigenvalue weighted by molar-refractivity contribution is 7.70. The Kier molecular flexibility index (Phi) is 8.00. The van der Waals surface area contributed by atoms with Gasteiger partial charge in [0.2, 0.25) is 16.8 Å². The molecule has 5 aromatic rings. The molecule has 206 valence electrons. The number of hydrogen-bond donors (Lipinski definition) is 2. The number of aromatic nitrogens is 7. The maximum atomic E-state index is 11.8. The molecule has 0 aliphatic heterocycles. The number of thiol groups is 1. The molecule has 1 atom stereocenters. The molecule has 0 radical (unpaired) electrons. The summed E-state index contributed by atoms with van der Waals surface area (Å²) >= 11 is 6.57. The highest BCUT2D eigenvalue weighted by Gasteiger charge is 2.28. The fourth-order valence-corrected chi connectivity index (χ4v) is 4.76. The third kappa shape index (κ3) is 5.23. The number of nitrogens with zero attached hydrogens (tertiary/aromatic N) is 7. The van der Waals surface area contributed by atoms with Crippen molar-refractivity contribution in [1.82, 2.24) is 39.2 Å². The van der Waals surface area contributed by atoms with Gasteiger partial charge < -0.3 is 14.2 Å². The molecule has 0 bridgehead atoms. The Labute approximate surface area is 235 Å². The fraction of sp³-hybridized carbons (Fsp3) is 0.200. The van der Waals surface area contributed by atoms with Crippen molar-refractivity contribution in [2.45, 2.75) is 13.0 Å². The van der Waals surface area contributed by atoms with E-state index < -0.39 is 16.9 Å². The van der Waals surface area contributed by atoms with E-state index in [4.69, 9.17) is 35.8 Å². The van der Waals surface area contributed by atoms with Crippen LogP contribution in [0.2, 0.25) is 5.15 Å². The largest absolute Gasteiger partial charge is 0.494 e. The lowest BCUT2D eigenvalue weighted by atomic mass is 10.2. The quantitative estimate of drug-likeness (QED) is 0.233. The first kappa shape index (κ1) is 27.2. The Bertz CT molecular complexity index is 1720. The average Bonchev–Trinajstić information content (AvgIpc) is 3.33. The molecule has 0 spiro atoms. The van der Waals surface area contributed by atoms with Crippen LogP contribution in [0.15, 0.2) is 54.9 Å². The van der Waals surface area contributed by atoms with Gasteiger partial charge in [0.05, 0.1) is 20.8 Å². The molecule has 0 saturated carbocycles. The number of rotatable bonds is 10. The van der Waals surface area contributed by atoms with Gasteiger partial charge in [-0.15, -0.1) is 0 Å². The van der Waals surface area contributed by atoms with Crippen molar-refractivity contribution in [2.24, 2.45) is 0 Å². The molecule has 1 N–H and O–H groups in total. The first-order valence-electron chi connectivity index (χ1n) is 11.9. The molecular formula is C25H23ClN8O5S. The molecule has 0 amide bonds. The van der Waals surface area contributed by atoms with E-state index in [0.29, 0.717) is 41.2 Å². The Morgan fingerprint density at radius 2 is 1.65 bits per heavy atom. The number of para-hydroxylation sites is 1. The van der Waals surface area contributed by atoms with E-state index in [-0.39, 0.29) is 28.0 Å². The van der Waals surface area contributed by atoms with Gasteiger partial charge in [0.1, 0.15) is 34.6 Å². The number of fused-ring (bicyclic) bond motifs is 1. The van der Waals surface area contributed by atoms with E-state index in [0.717, 1.165) is 0 Å². The van der Waals surface area contributed by atoms with Crippen molar-refractivity contribution >= 4 is 33.8 Å². The number of nitrogens with one attached hydrogen (secondary N) is 1. The molecule has 1 unspecified atom stereocenters. The van der Waals surface area contributed by atoms with Crippen LogP contribution in [0.5, 0.6) is 17.4 Å². The molecule has 4 heterocycles. The summed E-state index contributed by atoms with van der Waals surface area (Å²) in [7, 11) is -0.0423. The van der Waals surface area contributed by atoms with Gasteiger partial charge in [-0.1, -0.05) is 23.7 Å². The second-order valence-corrected chi connectivity index (χ2v) is 9.18. The number of halogens is 1. The number of ether oxygens (including phenoxy) is 3. The van der Waals surface area contributed by atoms with Gasteiger partial charge in [-0.05, 0) is 31.2 Å². The van der Waals surface area contributed by atoms with Gasteiger partial charge in [-0.2, -0.15) is 0 Å². The van der Waals surface area contributed by atoms with Gasteiger partial charge in [0, 0.05) is 18.5 Å². The van der Waals surface area contributed by atoms with E-state index in [9.17, 15) is 8.42 Å². The first-order chi connectivity index (χ1) is 19.4. The lowest BCUT2D eigenvalue weighted by Crippen LogP contribution is -2.24. The van der Waals surface area contributed by atoms with Crippen molar-refractivity contribution in [2.75, 3.05) is 20.8 Å². The third-order valence-electron chi connectivity index (χ3n) is 5.70. The van der Waals surface area contributed by atoms with Crippen LogP contribution in [0.1, 0.15) is 24.5 Å². The monoisotopic (exact) mass is 582 g/mol. The van der Waals surface area contributed by atoms with Crippen LogP contribution in [-0.4, -0.2) is 63.7 Å². The maximum Gasteiger partial charge on any atom is 0.213 e. The maximum absolute atomic E-state index is 11.8. The standard InChI is InChI=1S/C25H23ClN8O5S/c1-4-39-17-11-5-8-14(29-17)24-32-23-25(34(24)20-15(37-2)9-6-10-16(20)38-3)30-18(21(26)31-23)19(33-40(35)36)22-27-12-7-13-28-22/h5-13,19,40H,4H2,1-3H3,(H,33,35,36). The van der Waals surface area contributed by atoms with E-state index in [1.54, 1.807) is 47.0 Å². The van der Waals surface area contributed by atoms with Crippen molar-refractivity contribution in [3.8, 4) is 34.6 Å². The first-order valence-corrected chi connectivity index (χ1v) is 13.5. The molecule has 0 aliphatic rings. The SMILES string of the molecule is CCOc1cccc(-c2nc3nc(Cl)c(C(N[SH](=O)=O)c4ncccn4)nc3n2-c2c(OC)cccc2OC)n1. The van der Waals surface area contributed by atoms with Gasteiger partial charge in [0.25, 0.3) is 0 Å². The molecule has 0 saturated heterocycles. The molecule has 40 heavy (non-hydrogen) atoms. The zero-order valence-electron chi connectivity index (χ0n) is 21.5. The summed E-state index contributed by atoms with van der Waals surface area (Å²) in [5.74, 6) is 1.76. The van der Waals surface area contributed by atoms with Crippen LogP contribution in [0.4, 0.5) is 0 Å². The van der Waals surface area contributed by atoms with Crippen LogP contribution >= 0.6 is 11.6 Å². The number of imidazole rings is 1. The van der Waals surface area contributed by atoms with Crippen LogP contribution in [0.25, 0.3) is 28.5 Å². The highest BCUT2D eigenvalue weighted by atomic mass is 35.5. The number of benzene rings is 1. The minimum Gasteiger partial charge on any atom is -0.494 e. The average molecular weight is 583 g/mol. The van der Waals surface area contributed by atoms with E-state index in [2.05, 4.69) is 24.7 Å². The van der Waals surface area contributed by atoms with Crippen LogP contribution in [-0.2, 0) is 10.9 Å². The van der Waals surface area contributed by atoms with Crippen molar-refractivity contribution < 1.29 is 22.6 Å². The van der Waals surface area contributed by atoms with Gasteiger partial charge in [0.15, 0.2) is 28.1 Å². The van der Waals surface area contributed by atoms with Gasteiger partial charge in [-0.3, -0.25) is 4.57 Å². The minimum absolute atomic E-state index is 0.0668. The number of methoxy groups -OCH3 is 2. The van der Waals surface area contributed by atoms with Gasteiger partial charge in [-0.25, -0.2) is 43.0 Å². The van der Waals surface area contributed by atoms with Crippen LogP contribution in [0, 0.1) is 0 Å². The summed E-state index contributed by atoms with van der Waals surface area (Å²) in [6.07, 6.45) is 2.96. The molecule has 5 rings (SSSR count). The Morgan fingerprint density at radius 1 is 0.950 bits per heavy atom. The summed E-state index contributed by atoms with van der Waals surface area (Å²) in [6.45, 7) is 2.28. The van der Waals surface area contributed by atoms with Crippen LogP contribution < -0.4 is 18.9 Å². The second-order valence-electron chi connectivity index (χ2n) is 8.05. The molecular weight excluding hydrogens is 560 g/mol. The van der Waals surface area contributed by atoms with Crippen molar-refractivity contribution in [1.29, 1.82) is 0 Å². The normalized spacial score (nSPS) is 12.0. The summed E-state index contributed by atoms with van der Waals surface area (Å²) in [6, 6.07) is 11.0. The van der Waals surface area contributed by atoms with Gasteiger partial charge >= 0.3 is 0 Å². The highest BCUT2D eigenvalue weighted by Crippen LogP contribution is 2.38. The Morgan fingerprint density at radius 3 is 2.30 bits per heavy atom. The molecule has 0 fully saturated rings. The summed E-state index contributed by atoms with van der Waals surface area (Å²) in [4.78, 5) is 26.9. The molecule has 13 nitrogen and oxygen atoms in total. The zero-order valence-corrected chi connectivity index (χ0v) is 23.1. The Hall–Kier alpha value is -4.40. The third-order valence-corrected chi connectivity index (χ3v) is 6.45. The summed E-state index contributed by atoms with van der Waals surface area (Å²) in [5.41, 5.74) is 1.37. The molecule has 15 heteroatoms. The van der Waals surface area contributed by atoms with E-state index >= 15 is 0 Å². The summed E-state index contributed by atoms with van der Waals surface area (Å²) < 4.78 is 44.6. The Balaban J connectivity index is 1.85. The van der Waals surface area contributed by atoms with E-state index in [1.165, 1.54) is 26.6 Å².